The van der Waals surface area contributed by atoms with Crippen LogP contribution in [0.15, 0.2) is 77.7 Å². The molecule has 208 valence electrons. The second-order valence-corrected chi connectivity index (χ2v) is 12.1. The van der Waals surface area contributed by atoms with Crippen molar-refractivity contribution in [3.63, 3.8) is 0 Å². The Morgan fingerprint density at radius 2 is 1.59 bits per heavy atom. The number of rotatable bonds is 11. The Morgan fingerprint density at radius 3 is 2.23 bits per heavy atom. The summed E-state index contributed by atoms with van der Waals surface area (Å²) in [6.07, 6.45) is 0.723. The van der Waals surface area contributed by atoms with Gasteiger partial charge in [-0.1, -0.05) is 72.6 Å². The lowest BCUT2D eigenvalue weighted by Crippen LogP contribution is -2.52. The molecular weight excluding hydrogens is 557 g/mol. The Hall–Kier alpha value is -3.07. The molecule has 7 nitrogen and oxygen atoms in total. The van der Waals surface area contributed by atoms with Crippen molar-refractivity contribution in [1.82, 2.24) is 10.2 Å². The van der Waals surface area contributed by atoms with Gasteiger partial charge in [0.25, 0.3) is 10.0 Å². The fourth-order valence-electron chi connectivity index (χ4n) is 3.93. The second kappa shape index (κ2) is 13.3. The van der Waals surface area contributed by atoms with Gasteiger partial charge in [0.05, 0.1) is 15.6 Å². The van der Waals surface area contributed by atoms with Gasteiger partial charge in [-0.15, -0.1) is 0 Å². The molecule has 0 aliphatic rings. The van der Waals surface area contributed by atoms with Crippen molar-refractivity contribution in [3.05, 3.63) is 94.0 Å². The highest BCUT2D eigenvalue weighted by Gasteiger charge is 2.33. The van der Waals surface area contributed by atoms with E-state index in [1.807, 2.05) is 45.0 Å². The highest BCUT2D eigenvalue weighted by molar-refractivity contribution is 7.92. The third kappa shape index (κ3) is 7.53. The van der Waals surface area contributed by atoms with Gasteiger partial charge in [-0.2, -0.15) is 0 Å². The van der Waals surface area contributed by atoms with Gasteiger partial charge < -0.3 is 10.2 Å². The summed E-state index contributed by atoms with van der Waals surface area (Å²) in [5.74, 6) is -0.898. The predicted molar refractivity (Wildman–Crippen MR) is 157 cm³/mol. The van der Waals surface area contributed by atoms with Gasteiger partial charge in [-0.3, -0.25) is 13.9 Å². The summed E-state index contributed by atoms with van der Waals surface area (Å²) in [5.41, 5.74) is 1.85. The fourth-order valence-corrected chi connectivity index (χ4v) is 5.81. The van der Waals surface area contributed by atoms with Crippen LogP contribution in [0.3, 0.4) is 0 Å². The summed E-state index contributed by atoms with van der Waals surface area (Å²) in [4.78, 5) is 28.5. The number of sulfonamides is 1. The Labute approximate surface area is 240 Å². The normalized spacial score (nSPS) is 12.9. The van der Waals surface area contributed by atoms with Crippen LogP contribution in [0.4, 0.5) is 5.69 Å². The number of hydrogen-bond acceptors (Lipinski definition) is 4. The third-order valence-electron chi connectivity index (χ3n) is 6.56. The summed E-state index contributed by atoms with van der Waals surface area (Å²) in [6, 6.07) is 18.8. The molecule has 0 saturated heterocycles. The topological polar surface area (TPSA) is 86.8 Å². The van der Waals surface area contributed by atoms with Crippen LogP contribution in [0.25, 0.3) is 0 Å². The SMILES string of the molecule is CC[C@H](C)NC(=O)[C@@H](C)N(Cc1ccccc1C)C(=O)CN(c1cc(Cl)ccc1Cl)S(=O)(=O)c1ccccc1. The lowest BCUT2D eigenvalue weighted by atomic mass is 10.1. The first-order valence-corrected chi connectivity index (χ1v) is 14.8. The van der Waals surface area contributed by atoms with Crippen molar-refractivity contribution < 1.29 is 18.0 Å². The summed E-state index contributed by atoms with van der Waals surface area (Å²) >= 11 is 12.6. The number of carbonyl (C=O) groups excluding carboxylic acids is 2. The molecule has 3 rings (SSSR count). The molecule has 2 amide bonds. The van der Waals surface area contributed by atoms with E-state index in [1.165, 1.54) is 35.2 Å². The van der Waals surface area contributed by atoms with Crippen LogP contribution in [0, 0.1) is 6.92 Å². The Morgan fingerprint density at radius 1 is 0.949 bits per heavy atom. The Kier molecular flexibility index (Phi) is 10.4. The van der Waals surface area contributed by atoms with E-state index in [0.29, 0.717) is 0 Å². The van der Waals surface area contributed by atoms with E-state index in [-0.39, 0.29) is 39.1 Å². The van der Waals surface area contributed by atoms with E-state index in [2.05, 4.69) is 5.32 Å². The summed E-state index contributed by atoms with van der Waals surface area (Å²) < 4.78 is 28.6. The minimum atomic E-state index is -4.23. The number of benzene rings is 3. The lowest BCUT2D eigenvalue weighted by Gasteiger charge is -2.33. The Balaban J connectivity index is 2.07. The molecule has 0 aliphatic carbocycles. The summed E-state index contributed by atoms with van der Waals surface area (Å²) in [6.45, 7) is 6.91. The van der Waals surface area contributed by atoms with Crippen molar-refractivity contribution in [3.8, 4) is 0 Å². The summed E-state index contributed by atoms with van der Waals surface area (Å²) in [5, 5.41) is 3.29. The molecule has 1 N–H and O–H groups in total. The largest absolute Gasteiger partial charge is 0.352 e. The fraction of sp³-hybridized carbons (Fsp3) is 0.310. The average molecular weight is 591 g/mol. The molecule has 0 unspecified atom stereocenters. The standard InChI is InChI=1S/C29H33Cl2N3O4S/c1-5-21(3)32-29(36)22(4)33(18-23-12-10-9-11-20(23)2)28(35)19-34(27-17-24(30)15-16-26(27)31)39(37,38)25-13-7-6-8-14-25/h6-17,21-22H,5,18-19H2,1-4H3,(H,32,36)/t21-,22+/m0/s1. The van der Waals surface area contributed by atoms with E-state index in [9.17, 15) is 18.0 Å². The van der Waals surface area contributed by atoms with E-state index in [1.54, 1.807) is 25.1 Å². The van der Waals surface area contributed by atoms with Crippen LogP contribution in [0.5, 0.6) is 0 Å². The zero-order valence-corrected chi connectivity index (χ0v) is 24.7. The zero-order valence-electron chi connectivity index (χ0n) is 22.4. The molecule has 3 aromatic rings. The number of hydrogen-bond donors (Lipinski definition) is 1. The van der Waals surface area contributed by atoms with Gasteiger partial charge in [0.1, 0.15) is 12.6 Å². The molecule has 0 spiro atoms. The second-order valence-electron chi connectivity index (χ2n) is 9.36. The molecule has 10 heteroatoms. The van der Waals surface area contributed by atoms with E-state index in [0.717, 1.165) is 21.9 Å². The van der Waals surface area contributed by atoms with Gasteiger partial charge in [0.15, 0.2) is 0 Å². The lowest BCUT2D eigenvalue weighted by molar-refractivity contribution is -0.139. The molecule has 0 aromatic heterocycles. The number of amides is 2. The number of nitrogens with one attached hydrogen (secondary N) is 1. The van der Waals surface area contributed by atoms with Gasteiger partial charge in [0, 0.05) is 17.6 Å². The predicted octanol–water partition coefficient (Wildman–Crippen LogP) is 5.83. The minimum absolute atomic E-state index is 0.0122. The van der Waals surface area contributed by atoms with Gasteiger partial charge >= 0.3 is 0 Å². The van der Waals surface area contributed by atoms with Crippen LogP contribution in [0.1, 0.15) is 38.3 Å². The minimum Gasteiger partial charge on any atom is -0.352 e. The quantitative estimate of drug-likeness (QED) is 0.305. The van der Waals surface area contributed by atoms with Crippen LogP contribution >= 0.6 is 23.2 Å². The van der Waals surface area contributed by atoms with E-state index < -0.39 is 28.5 Å². The highest BCUT2D eigenvalue weighted by Crippen LogP contribution is 2.33. The maximum atomic E-state index is 14.0. The molecule has 0 heterocycles. The van der Waals surface area contributed by atoms with E-state index in [4.69, 9.17) is 23.2 Å². The first-order valence-electron chi connectivity index (χ1n) is 12.6. The zero-order chi connectivity index (χ0) is 28.7. The molecule has 3 aromatic carbocycles. The van der Waals surface area contributed by atoms with E-state index >= 15 is 0 Å². The van der Waals surface area contributed by atoms with Gasteiger partial charge in [-0.25, -0.2) is 8.42 Å². The monoisotopic (exact) mass is 589 g/mol. The maximum absolute atomic E-state index is 14.0. The van der Waals surface area contributed by atoms with Crippen LogP contribution in [-0.4, -0.2) is 43.8 Å². The number of carbonyl (C=O) groups is 2. The first kappa shape index (κ1) is 30.5. The summed E-state index contributed by atoms with van der Waals surface area (Å²) in [7, 11) is -4.23. The van der Waals surface area contributed by atoms with Crippen LogP contribution in [-0.2, 0) is 26.2 Å². The third-order valence-corrected chi connectivity index (χ3v) is 8.89. The number of anilines is 1. The van der Waals surface area contributed by atoms with Crippen molar-refractivity contribution in [2.45, 2.75) is 57.6 Å². The molecule has 0 bridgehead atoms. The number of halogens is 2. The molecule has 0 saturated carbocycles. The van der Waals surface area contributed by atoms with Crippen LogP contribution < -0.4 is 9.62 Å². The van der Waals surface area contributed by atoms with Crippen molar-refractivity contribution in [1.29, 1.82) is 0 Å². The Bertz CT molecular complexity index is 1420. The van der Waals surface area contributed by atoms with Crippen molar-refractivity contribution in [2.75, 3.05) is 10.8 Å². The molecule has 0 fully saturated rings. The van der Waals surface area contributed by atoms with Gasteiger partial charge in [0.2, 0.25) is 11.8 Å². The molecule has 0 radical (unpaired) electrons. The maximum Gasteiger partial charge on any atom is 0.264 e. The van der Waals surface area contributed by atoms with Crippen molar-refractivity contribution in [2.24, 2.45) is 0 Å². The smallest absolute Gasteiger partial charge is 0.264 e. The molecule has 0 aliphatic heterocycles. The number of aryl methyl sites for hydroxylation is 1. The number of nitrogens with zero attached hydrogens (tertiary/aromatic N) is 2. The van der Waals surface area contributed by atoms with Crippen molar-refractivity contribution >= 4 is 50.7 Å². The highest BCUT2D eigenvalue weighted by atomic mass is 35.5. The molecular formula is C29H33Cl2N3O4S. The average Bonchev–Trinajstić information content (AvgIpc) is 2.92. The molecule has 2 atom stereocenters. The molecule has 39 heavy (non-hydrogen) atoms. The first-order chi connectivity index (χ1) is 18.4. The van der Waals surface area contributed by atoms with Crippen LogP contribution in [0.2, 0.25) is 10.0 Å². The van der Waals surface area contributed by atoms with Gasteiger partial charge in [-0.05, 0) is 68.7 Å².